The van der Waals surface area contributed by atoms with Crippen molar-refractivity contribution in [3.05, 3.63) is 24.5 Å². The average molecular weight is 265 g/mol. The topological polar surface area (TPSA) is 46.0 Å². The van der Waals surface area contributed by atoms with Gasteiger partial charge >= 0.3 is 0 Å². The minimum Gasteiger partial charge on any atom is -0.309 e. The van der Waals surface area contributed by atoms with Crippen LogP contribution in [-0.2, 0) is 13.1 Å². The summed E-state index contributed by atoms with van der Waals surface area (Å²) >= 11 is 0. The fourth-order valence-electron chi connectivity index (χ4n) is 1.79. The molecule has 1 aromatic rings. The van der Waals surface area contributed by atoms with Gasteiger partial charge in [-0.1, -0.05) is 25.1 Å². The first-order valence-corrected chi connectivity index (χ1v) is 7.00. The van der Waals surface area contributed by atoms with Crippen LogP contribution < -0.4 is 5.32 Å². The van der Waals surface area contributed by atoms with Crippen LogP contribution in [0.15, 0.2) is 18.9 Å². The van der Waals surface area contributed by atoms with Crippen molar-refractivity contribution in [3.63, 3.8) is 0 Å². The van der Waals surface area contributed by atoms with Gasteiger partial charge in [-0.2, -0.15) is 0 Å². The molecule has 5 heteroatoms. The molecule has 0 amide bonds. The van der Waals surface area contributed by atoms with Gasteiger partial charge in [0.1, 0.15) is 0 Å². The molecule has 5 nitrogen and oxygen atoms in total. The molecule has 1 aromatic heterocycles. The van der Waals surface area contributed by atoms with E-state index in [0.29, 0.717) is 12.1 Å². The maximum absolute atomic E-state index is 4.17. The molecule has 0 atom stereocenters. The zero-order valence-corrected chi connectivity index (χ0v) is 12.6. The second-order valence-corrected chi connectivity index (χ2v) is 5.39. The average Bonchev–Trinajstić information content (AvgIpc) is 2.79. The lowest BCUT2D eigenvalue weighted by Crippen LogP contribution is -2.34. The minimum atomic E-state index is 0.467. The lowest BCUT2D eigenvalue weighted by atomic mass is 10.3. The van der Waals surface area contributed by atoms with Crippen LogP contribution in [0.2, 0.25) is 0 Å². The fraction of sp³-hybridized carbons (Fsp3) is 0.714. The highest BCUT2D eigenvalue weighted by atomic mass is 15.4. The summed E-state index contributed by atoms with van der Waals surface area (Å²) in [4.78, 5) is 2.36. The van der Waals surface area contributed by atoms with Gasteiger partial charge in [0.25, 0.3) is 0 Å². The SMILES string of the molecule is C=CCN(CCn1cc(CNC(C)C)nn1)C(C)C. The summed E-state index contributed by atoms with van der Waals surface area (Å²) in [6, 6.07) is 0.984. The van der Waals surface area contributed by atoms with Gasteiger partial charge in [-0.25, -0.2) is 0 Å². The van der Waals surface area contributed by atoms with Crippen molar-refractivity contribution in [2.45, 2.75) is 52.9 Å². The molecule has 1 rings (SSSR count). The van der Waals surface area contributed by atoms with E-state index in [1.807, 2.05) is 17.0 Å². The standard InChI is InChI=1S/C14H27N5/c1-6-7-18(13(4)5)8-9-19-11-14(16-17-19)10-15-12(2)3/h6,11-13,15H,1,7-10H2,2-5H3. The molecule has 1 N–H and O–H groups in total. The molecule has 0 aliphatic carbocycles. The smallest absolute Gasteiger partial charge is 0.0964 e. The van der Waals surface area contributed by atoms with E-state index in [1.165, 1.54) is 0 Å². The highest BCUT2D eigenvalue weighted by Crippen LogP contribution is 2.00. The Morgan fingerprint density at radius 3 is 2.74 bits per heavy atom. The molecule has 0 fully saturated rings. The van der Waals surface area contributed by atoms with Gasteiger partial charge in [-0.3, -0.25) is 9.58 Å². The number of hydrogen-bond donors (Lipinski definition) is 1. The van der Waals surface area contributed by atoms with Crippen LogP contribution >= 0.6 is 0 Å². The Balaban J connectivity index is 2.42. The Morgan fingerprint density at radius 1 is 1.42 bits per heavy atom. The van der Waals surface area contributed by atoms with Crippen molar-refractivity contribution in [3.8, 4) is 0 Å². The third kappa shape index (κ3) is 5.98. The van der Waals surface area contributed by atoms with E-state index >= 15 is 0 Å². The van der Waals surface area contributed by atoms with Crippen molar-refractivity contribution in [2.75, 3.05) is 13.1 Å². The van der Waals surface area contributed by atoms with E-state index < -0.39 is 0 Å². The van der Waals surface area contributed by atoms with E-state index in [1.54, 1.807) is 0 Å². The first kappa shape index (κ1) is 15.9. The predicted molar refractivity (Wildman–Crippen MR) is 78.9 cm³/mol. The molecule has 19 heavy (non-hydrogen) atoms. The van der Waals surface area contributed by atoms with E-state index in [9.17, 15) is 0 Å². The Bertz CT molecular complexity index is 370. The molecule has 0 aromatic carbocycles. The Kier molecular flexibility index (Phi) is 6.73. The zero-order valence-electron chi connectivity index (χ0n) is 12.6. The number of rotatable bonds is 9. The van der Waals surface area contributed by atoms with Crippen LogP contribution in [0.5, 0.6) is 0 Å². The molecular formula is C14H27N5. The summed E-state index contributed by atoms with van der Waals surface area (Å²) in [7, 11) is 0. The summed E-state index contributed by atoms with van der Waals surface area (Å²) in [5.74, 6) is 0. The van der Waals surface area contributed by atoms with Crippen LogP contribution in [0.25, 0.3) is 0 Å². The van der Waals surface area contributed by atoms with Gasteiger partial charge in [0.2, 0.25) is 0 Å². The van der Waals surface area contributed by atoms with E-state index in [4.69, 9.17) is 0 Å². The van der Waals surface area contributed by atoms with Gasteiger partial charge in [-0.05, 0) is 13.8 Å². The summed E-state index contributed by atoms with van der Waals surface area (Å²) in [6.45, 7) is 16.0. The van der Waals surface area contributed by atoms with Gasteiger partial charge in [0.15, 0.2) is 0 Å². The number of nitrogens with one attached hydrogen (secondary N) is 1. The third-order valence-electron chi connectivity index (χ3n) is 2.99. The molecular weight excluding hydrogens is 238 g/mol. The summed E-state index contributed by atoms with van der Waals surface area (Å²) in [5.41, 5.74) is 0.994. The highest BCUT2D eigenvalue weighted by molar-refractivity contribution is 4.92. The van der Waals surface area contributed by atoms with Gasteiger partial charge in [-0.15, -0.1) is 11.7 Å². The Labute approximate surface area is 116 Å². The molecule has 0 saturated heterocycles. The molecule has 0 radical (unpaired) electrons. The lowest BCUT2D eigenvalue weighted by molar-refractivity contribution is 0.232. The minimum absolute atomic E-state index is 0.467. The second-order valence-electron chi connectivity index (χ2n) is 5.39. The molecule has 0 unspecified atom stereocenters. The number of hydrogen-bond acceptors (Lipinski definition) is 4. The van der Waals surface area contributed by atoms with Crippen molar-refractivity contribution >= 4 is 0 Å². The summed E-state index contributed by atoms with van der Waals surface area (Å²) in [5, 5.41) is 11.7. The van der Waals surface area contributed by atoms with Crippen LogP contribution in [0.3, 0.4) is 0 Å². The molecule has 0 spiro atoms. The van der Waals surface area contributed by atoms with E-state index in [-0.39, 0.29) is 0 Å². The Hall–Kier alpha value is -1.20. The highest BCUT2D eigenvalue weighted by Gasteiger charge is 2.08. The zero-order chi connectivity index (χ0) is 14.3. The lowest BCUT2D eigenvalue weighted by Gasteiger charge is -2.24. The van der Waals surface area contributed by atoms with Crippen LogP contribution in [0.4, 0.5) is 0 Å². The third-order valence-corrected chi connectivity index (χ3v) is 2.99. The van der Waals surface area contributed by atoms with Gasteiger partial charge < -0.3 is 5.32 Å². The quantitative estimate of drug-likeness (QED) is 0.690. The number of nitrogens with zero attached hydrogens (tertiary/aromatic N) is 4. The maximum Gasteiger partial charge on any atom is 0.0964 e. The number of aromatic nitrogens is 3. The van der Waals surface area contributed by atoms with Crippen LogP contribution in [0.1, 0.15) is 33.4 Å². The largest absolute Gasteiger partial charge is 0.309 e. The van der Waals surface area contributed by atoms with Crippen LogP contribution in [0, 0.1) is 0 Å². The van der Waals surface area contributed by atoms with Gasteiger partial charge in [0, 0.05) is 37.9 Å². The molecule has 0 saturated carbocycles. The molecule has 108 valence electrons. The van der Waals surface area contributed by atoms with E-state index in [0.717, 1.165) is 31.9 Å². The predicted octanol–water partition coefficient (Wildman–Crippen LogP) is 1.67. The Morgan fingerprint density at radius 2 is 2.16 bits per heavy atom. The van der Waals surface area contributed by atoms with Gasteiger partial charge in [0.05, 0.1) is 12.2 Å². The normalized spacial score (nSPS) is 11.7. The van der Waals surface area contributed by atoms with Crippen molar-refractivity contribution < 1.29 is 0 Å². The molecule has 0 aliphatic heterocycles. The molecule has 0 bridgehead atoms. The fourth-order valence-corrected chi connectivity index (χ4v) is 1.79. The summed E-state index contributed by atoms with van der Waals surface area (Å²) in [6.07, 6.45) is 3.96. The maximum atomic E-state index is 4.17. The van der Waals surface area contributed by atoms with Crippen molar-refractivity contribution in [1.82, 2.24) is 25.2 Å². The van der Waals surface area contributed by atoms with Crippen molar-refractivity contribution in [2.24, 2.45) is 0 Å². The first-order valence-electron chi connectivity index (χ1n) is 7.00. The molecule has 0 aliphatic rings. The second kappa shape index (κ2) is 8.07. The molecule has 1 heterocycles. The van der Waals surface area contributed by atoms with Crippen LogP contribution in [-0.4, -0.2) is 45.1 Å². The van der Waals surface area contributed by atoms with Crippen molar-refractivity contribution in [1.29, 1.82) is 0 Å². The first-order chi connectivity index (χ1) is 9.02. The monoisotopic (exact) mass is 265 g/mol. The summed E-state index contributed by atoms with van der Waals surface area (Å²) < 4.78 is 1.91. The van der Waals surface area contributed by atoms with E-state index in [2.05, 4.69) is 54.8 Å².